The fraction of sp³-hybridized carbons (Fsp3) is 0.968. The molecule has 1 amide bonds. The van der Waals surface area contributed by atoms with E-state index < -0.39 is 5.60 Å². The predicted molar refractivity (Wildman–Crippen MR) is 168 cm³/mol. The number of amides is 1. The van der Waals surface area contributed by atoms with E-state index in [1.54, 1.807) is 7.05 Å². The van der Waals surface area contributed by atoms with Crippen LogP contribution in [0.4, 0.5) is 4.79 Å². The average molecular weight is 655 g/mol. The quantitative estimate of drug-likeness (QED) is 0.109. The molecule has 1 rings (SSSR count). The number of carbonyl (C=O) groups is 1. The van der Waals surface area contributed by atoms with Crippen LogP contribution in [0.15, 0.2) is 0 Å². The lowest BCUT2D eigenvalue weighted by molar-refractivity contribution is -0.0322. The first-order valence-corrected chi connectivity index (χ1v) is 16.3. The van der Waals surface area contributed by atoms with Crippen LogP contribution in [-0.4, -0.2) is 175 Å². The van der Waals surface area contributed by atoms with Gasteiger partial charge in [-0.15, -0.1) is 0 Å². The number of rotatable bonds is 31. The van der Waals surface area contributed by atoms with E-state index in [2.05, 4.69) is 5.32 Å². The molecule has 1 heterocycles. The van der Waals surface area contributed by atoms with Crippen molar-refractivity contribution in [1.82, 2.24) is 10.2 Å². The highest BCUT2D eigenvalue weighted by atomic mass is 16.6. The Morgan fingerprint density at radius 2 is 0.867 bits per heavy atom. The molecule has 1 aliphatic rings. The van der Waals surface area contributed by atoms with Crippen molar-refractivity contribution < 1.29 is 56.9 Å². The summed E-state index contributed by atoms with van der Waals surface area (Å²) in [6.45, 7) is 17.8. The van der Waals surface area contributed by atoms with Crippen LogP contribution >= 0.6 is 0 Å². The lowest BCUT2D eigenvalue weighted by Crippen LogP contribution is -2.36. The van der Waals surface area contributed by atoms with Gasteiger partial charge < -0.3 is 62.3 Å². The number of nitrogens with one attached hydrogen (secondary N) is 1. The zero-order valence-electron chi connectivity index (χ0n) is 28.4. The molecule has 268 valence electrons. The molecule has 1 fully saturated rings. The third-order valence-electron chi connectivity index (χ3n) is 6.12. The summed E-state index contributed by atoms with van der Waals surface area (Å²) in [5.41, 5.74) is -0.507. The number of hydrogen-bond donors (Lipinski definition) is 1. The molecule has 1 saturated heterocycles. The van der Waals surface area contributed by atoms with Crippen LogP contribution in [0.25, 0.3) is 0 Å². The Bertz CT molecular complexity index is 651. The molecule has 14 nitrogen and oxygen atoms in total. The number of piperidine rings is 1. The minimum Gasteiger partial charge on any atom is -0.444 e. The van der Waals surface area contributed by atoms with Crippen LogP contribution in [0.3, 0.4) is 0 Å². The van der Waals surface area contributed by atoms with Crippen LogP contribution in [0.1, 0.15) is 33.6 Å². The fourth-order valence-corrected chi connectivity index (χ4v) is 3.73. The Kier molecular flexibility index (Phi) is 28.1. The normalized spacial score (nSPS) is 14.2. The zero-order chi connectivity index (χ0) is 32.7. The van der Waals surface area contributed by atoms with Crippen molar-refractivity contribution in [3.63, 3.8) is 0 Å². The maximum atomic E-state index is 11.8. The van der Waals surface area contributed by atoms with Crippen molar-refractivity contribution in [3.8, 4) is 0 Å². The van der Waals surface area contributed by atoms with Crippen molar-refractivity contribution in [2.24, 2.45) is 0 Å². The zero-order valence-corrected chi connectivity index (χ0v) is 28.4. The first kappa shape index (κ1) is 41.9. The first-order valence-electron chi connectivity index (χ1n) is 16.3. The summed E-state index contributed by atoms with van der Waals surface area (Å²) in [7, 11) is 1.68. The maximum absolute atomic E-state index is 11.8. The summed E-state index contributed by atoms with van der Waals surface area (Å²) >= 11 is 0. The van der Waals surface area contributed by atoms with Gasteiger partial charge in [0, 0.05) is 13.6 Å². The molecule has 0 unspecified atom stereocenters. The minimum atomic E-state index is -0.507. The van der Waals surface area contributed by atoms with Crippen molar-refractivity contribution in [3.05, 3.63) is 0 Å². The van der Waals surface area contributed by atoms with Gasteiger partial charge in [0.1, 0.15) is 5.60 Å². The standard InChI is InChI=1S/C31H62N2O12/c1-31(2,3)45-30(34)33(4)9-10-35-11-12-36-13-14-37-15-16-38-17-18-39-19-20-40-21-22-41-23-24-42-25-26-43-27-28-44-29-5-7-32-8-6-29/h29,32H,5-28H2,1-4H3. The molecule has 0 aromatic rings. The molecule has 0 aromatic heterocycles. The number of likely N-dealkylation sites (N-methyl/N-ethyl adjacent to an activating group) is 1. The maximum Gasteiger partial charge on any atom is 0.410 e. The van der Waals surface area contributed by atoms with Crippen molar-refractivity contribution in [2.75, 3.05) is 152 Å². The van der Waals surface area contributed by atoms with Gasteiger partial charge >= 0.3 is 6.09 Å². The Labute approximate surface area is 270 Å². The van der Waals surface area contributed by atoms with Crippen LogP contribution in [-0.2, 0) is 52.1 Å². The Morgan fingerprint density at radius 1 is 0.556 bits per heavy atom. The highest BCUT2D eigenvalue weighted by Gasteiger charge is 2.19. The molecule has 1 N–H and O–H groups in total. The molecular weight excluding hydrogens is 592 g/mol. The minimum absolute atomic E-state index is 0.362. The summed E-state index contributed by atoms with van der Waals surface area (Å²) in [4.78, 5) is 13.3. The van der Waals surface area contributed by atoms with Crippen molar-refractivity contribution in [1.29, 1.82) is 0 Å². The van der Waals surface area contributed by atoms with Gasteiger partial charge in [-0.05, 0) is 46.7 Å². The molecule has 0 bridgehead atoms. The van der Waals surface area contributed by atoms with Gasteiger partial charge in [-0.2, -0.15) is 0 Å². The Hall–Kier alpha value is -1.17. The van der Waals surface area contributed by atoms with Gasteiger partial charge in [0.05, 0.1) is 132 Å². The third kappa shape index (κ3) is 29.9. The second-order valence-corrected chi connectivity index (χ2v) is 11.2. The second kappa shape index (κ2) is 30.2. The second-order valence-electron chi connectivity index (χ2n) is 11.2. The monoisotopic (exact) mass is 654 g/mol. The van der Waals surface area contributed by atoms with E-state index in [1.807, 2.05) is 20.8 Å². The molecular formula is C31H62N2O12. The summed E-state index contributed by atoms with van der Waals surface area (Å²) in [6.07, 6.45) is 2.16. The van der Waals surface area contributed by atoms with Gasteiger partial charge in [0.25, 0.3) is 0 Å². The Morgan fingerprint density at radius 3 is 1.20 bits per heavy atom. The highest BCUT2D eigenvalue weighted by Crippen LogP contribution is 2.09. The Balaban J connectivity index is 1.65. The molecule has 0 radical (unpaired) electrons. The summed E-state index contributed by atoms with van der Waals surface area (Å²) in [6, 6.07) is 0. The van der Waals surface area contributed by atoms with E-state index >= 15 is 0 Å². The van der Waals surface area contributed by atoms with E-state index in [1.165, 1.54) is 4.90 Å². The van der Waals surface area contributed by atoms with Gasteiger partial charge in [-0.3, -0.25) is 0 Å². The van der Waals surface area contributed by atoms with Crippen LogP contribution < -0.4 is 5.32 Å². The molecule has 0 aromatic carbocycles. The lowest BCUT2D eigenvalue weighted by Gasteiger charge is -2.24. The topological polar surface area (TPSA) is 134 Å². The molecule has 0 saturated carbocycles. The van der Waals surface area contributed by atoms with Crippen molar-refractivity contribution in [2.45, 2.75) is 45.3 Å². The average Bonchev–Trinajstić information content (AvgIpc) is 3.01. The summed E-state index contributed by atoms with van der Waals surface area (Å²) in [5.74, 6) is 0. The molecule has 0 spiro atoms. The SMILES string of the molecule is CN(CCOCCOCCOCCOCCOCCOCCOCCOCCOCCOC1CCNCC1)C(=O)OC(C)(C)C. The third-order valence-corrected chi connectivity index (χ3v) is 6.12. The number of nitrogens with zero attached hydrogens (tertiary/aromatic N) is 1. The summed E-state index contributed by atoms with van der Waals surface area (Å²) in [5, 5.41) is 3.33. The first-order chi connectivity index (χ1) is 21.9. The van der Waals surface area contributed by atoms with Crippen LogP contribution in [0.2, 0.25) is 0 Å². The molecule has 1 aliphatic heterocycles. The van der Waals surface area contributed by atoms with Gasteiger partial charge in [-0.1, -0.05) is 0 Å². The van der Waals surface area contributed by atoms with E-state index in [0.29, 0.717) is 138 Å². The molecule has 0 aliphatic carbocycles. The van der Waals surface area contributed by atoms with Crippen molar-refractivity contribution >= 4 is 6.09 Å². The number of hydrogen-bond acceptors (Lipinski definition) is 13. The number of carbonyl (C=O) groups excluding carboxylic acids is 1. The number of ether oxygens (including phenoxy) is 11. The fourth-order valence-electron chi connectivity index (χ4n) is 3.73. The van der Waals surface area contributed by atoms with E-state index in [-0.39, 0.29) is 6.09 Å². The molecule has 0 atom stereocenters. The van der Waals surface area contributed by atoms with E-state index in [9.17, 15) is 4.79 Å². The van der Waals surface area contributed by atoms with Gasteiger partial charge in [0.2, 0.25) is 0 Å². The predicted octanol–water partition coefficient (Wildman–Crippen LogP) is 1.77. The summed E-state index contributed by atoms with van der Waals surface area (Å²) < 4.78 is 60.4. The van der Waals surface area contributed by atoms with Crippen LogP contribution in [0, 0.1) is 0 Å². The van der Waals surface area contributed by atoms with E-state index in [0.717, 1.165) is 25.9 Å². The smallest absolute Gasteiger partial charge is 0.410 e. The lowest BCUT2D eigenvalue weighted by atomic mass is 10.1. The van der Waals surface area contributed by atoms with Gasteiger partial charge in [0.15, 0.2) is 0 Å². The molecule has 14 heteroatoms. The molecule has 45 heavy (non-hydrogen) atoms. The van der Waals surface area contributed by atoms with Crippen LogP contribution in [0.5, 0.6) is 0 Å². The van der Waals surface area contributed by atoms with E-state index in [4.69, 9.17) is 52.1 Å². The highest BCUT2D eigenvalue weighted by molar-refractivity contribution is 5.67. The largest absolute Gasteiger partial charge is 0.444 e. The van der Waals surface area contributed by atoms with Gasteiger partial charge in [-0.25, -0.2) is 4.79 Å².